The molecule has 1 unspecified atom stereocenters. The van der Waals surface area contributed by atoms with E-state index in [-0.39, 0.29) is 19.0 Å². The van der Waals surface area contributed by atoms with E-state index in [1.54, 1.807) is 24.3 Å². The van der Waals surface area contributed by atoms with Crippen LogP contribution >= 0.6 is 0 Å². The van der Waals surface area contributed by atoms with Crippen LogP contribution in [0.3, 0.4) is 0 Å². The molecule has 4 rings (SSSR count). The Morgan fingerprint density at radius 3 is 2.06 bits per heavy atom. The summed E-state index contributed by atoms with van der Waals surface area (Å²) in [7, 11) is -3.85. The molecule has 2 atom stereocenters. The maximum absolute atomic E-state index is 12.5. The lowest BCUT2D eigenvalue weighted by molar-refractivity contribution is -0.269. The van der Waals surface area contributed by atoms with Gasteiger partial charge in [-0.25, -0.2) is 13.1 Å². The van der Waals surface area contributed by atoms with E-state index in [2.05, 4.69) is 4.72 Å². The molecule has 0 fully saturated rings. The van der Waals surface area contributed by atoms with Crippen molar-refractivity contribution < 1.29 is 23.4 Å². The largest absolute Gasteiger partial charge is 0.530 e. The fraction of sp³-hybridized carbons (Fsp3) is 0.269. The number of carboxylic acid groups (broad SMARTS) is 1. The lowest BCUT2D eigenvalue weighted by Gasteiger charge is -2.36. The number of hydrogen-bond acceptors (Lipinski definition) is 5. The van der Waals surface area contributed by atoms with Gasteiger partial charge in [0.25, 0.3) is 0 Å². The molecular weight excluding hydrogens is 452 g/mol. The topological polar surface area (TPSA) is 110 Å². The third-order valence-electron chi connectivity index (χ3n) is 6.35. The molecule has 0 spiro atoms. The van der Waals surface area contributed by atoms with Crippen LogP contribution < -0.4 is 9.83 Å². The van der Waals surface area contributed by atoms with Crippen LogP contribution in [0.25, 0.3) is 11.1 Å². The minimum atomic E-state index is -3.85. The van der Waals surface area contributed by atoms with Gasteiger partial charge in [0.2, 0.25) is 10.0 Å². The Bertz CT molecular complexity index is 1220. The average molecular weight is 480 g/mol. The van der Waals surface area contributed by atoms with Crippen molar-refractivity contribution in [2.45, 2.75) is 31.5 Å². The number of carbonyl (C=O) groups is 1. The highest BCUT2D eigenvalue weighted by Crippen LogP contribution is 2.44. The Balaban J connectivity index is 1.49. The normalized spacial score (nSPS) is 14.8. The molecule has 0 aliphatic heterocycles. The molecule has 3 aromatic rings. The summed E-state index contributed by atoms with van der Waals surface area (Å²) in [5.74, 6) is -0.865. The summed E-state index contributed by atoms with van der Waals surface area (Å²) in [5, 5.41) is 22.8. The van der Waals surface area contributed by atoms with Gasteiger partial charge in [-0.05, 0) is 34.7 Å². The molecule has 0 bridgehead atoms. The first kappa shape index (κ1) is 23.9. The number of fused-ring (bicyclic) bond motifs is 3. The maximum Gasteiger partial charge on any atom is 0.214 e. The number of nitrogens with one attached hydrogen (secondary N) is 1. The maximum atomic E-state index is 12.5. The van der Waals surface area contributed by atoms with Crippen molar-refractivity contribution in [1.29, 1.82) is 0 Å². The Labute approximate surface area is 199 Å². The molecule has 8 heteroatoms. The minimum Gasteiger partial charge on any atom is -0.530 e. The van der Waals surface area contributed by atoms with Gasteiger partial charge < -0.3 is 19.9 Å². The summed E-state index contributed by atoms with van der Waals surface area (Å²) >= 11 is 0. The number of hydrogen-bond donors (Lipinski definition) is 2. The number of sulfonamides is 1. The van der Waals surface area contributed by atoms with Gasteiger partial charge in [-0.2, -0.15) is 0 Å². The monoisotopic (exact) mass is 479 g/mol. The molecule has 2 N–H and O–H groups in total. The second-order valence-corrected chi connectivity index (χ2v) is 10.4. The first-order chi connectivity index (χ1) is 16.3. The third kappa shape index (κ3) is 5.14. The van der Waals surface area contributed by atoms with E-state index in [9.17, 15) is 23.4 Å². The highest BCUT2D eigenvalue weighted by molar-refractivity contribution is 7.89. The molecule has 1 aliphatic rings. The van der Waals surface area contributed by atoms with Gasteiger partial charge in [0.1, 0.15) is 6.09 Å². The molecule has 0 aromatic heterocycles. The number of nitrogens with zero attached hydrogens (tertiary/aromatic N) is 1. The zero-order valence-corrected chi connectivity index (χ0v) is 19.6. The van der Waals surface area contributed by atoms with E-state index in [1.165, 1.54) is 6.92 Å². The number of amides is 1. The van der Waals surface area contributed by atoms with E-state index in [0.717, 1.165) is 32.7 Å². The Kier molecular flexibility index (Phi) is 7.02. The number of rotatable bonds is 9. The van der Waals surface area contributed by atoms with Crippen LogP contribution in [0.5, 0.6) is 0 Å². The Morgan fingerprint density at radius 2 is 1.50 bits per heavy atom. The SMILES string of the molecule is C[C@@H](C(O)CS(=O)(=O)NCc1ccccc1)N(CC1c2ccccc2-c2ccccc21)C(=O)[O-]. The smallest absolute Gasteiger partial charge is 0.214 e. The molecular formula is C26H27N2O5S-. The molecule has 0 saturated heterocycles. The van der Waals surface area contributed by atoms with Crippen LogP contribution in [0.4, 0.5) is 4.79 Å². The highest BCUT2D eigenvalue weighted by atomic mass is 32.2. The fourth-order valence-corrected chi connectivity index (χ4v) is 5.71. The summed E-state index contributed by atoms with van der Waals surface area (Å²) in [4.78, 5) is 13.1. The lowest BCUT2D eigenvalue weighted by Crippen LogP contribution is -2.54. The van der Waals surface area contributed by atoms with Gasteiger partial charge in [-0.15, -0.1) is 0 Å². The first-order valence-corrected chi connectivity index (χ1v) is 12.8. The second kappa shape index (κ2) is 9.97. The predicted octanol–water partition coefficient (Wildman–Crippen LogP) is 2.31. The standard InChI is InChI=1S/C26H28N2O5S/c1-18(25(29)17-34(32,33)27-15-19-9-3-2-4-10-19)28(26(30)31)16-24-22-13-7-5-11-20(22)21-12-6-8-14-23(21)24/h2-14,18,24-25,27,29H,15-17H2,1H3,(H,30,31)/p-1/t18-,25?/m0/s1. The molecule has 1 aliphatic carbocycles. The summed E-state index contributed by atoms with van der Waals surface area (Å²) in [6.45, 7) is 1.64. The molecule has 0 saturated carbocycles. The number of benzene rings is 3. The van der Waals surface area contributed by atoms with Crippen molar-refractivity contribution in [2.24, 2.45) is 0 Å². The predicted molar refractivity (Wildman–Crippen MR) is 128 cm³/mol. The van der Waals surface area contributed by atoms with Crippen molar-refractivity contribution in [2.75, 3.05) is 12.3 Å². The summed E-state index contributed by atoms with van der Waals surface area (Å²) < 4.78 is 27.5. The molecule has 0 radical (unpaired) electrons. The van der Waals surface area contributed by atoms with Gasteiger partial charge in [0, 0.05) is 19.0 Å². The quantitative estimate of drug-likeness (QED) is 0.490. The number of carbonyl (C=O) groups excluding carboxylic acids is 1. The second-order valence-electron chi connectivity index (χ2n) is 8.54. The van der Waals surface area contributed by atoms with Crippen LogP contribution in [-0.4, -0.2) is 49.0 Å². The van der Waals surface area contributed by atoms with E-state index in [0.29, 0.717) is 0 Å². The van der Waals surface area contributed by atoms with E-state index < -0.39 is 34.0 Å². The molecule has 3 aromatic carbocycles. The first-order valence-electron chi connectivity index (χ1n) is 11.1. The molecule has 0 heterocycles. The number of aliphatic hydroxyl groups excluding tert-OH is 1. The van der Waals surface area contributed by atoms with Crippen molar-refractivity contribution in [1.82, 2.24) is 9.62 Å². The van der Waals surface area contributed by atoms with Crippen LogP contribution in [0, 0.1) is 0 Å². The van der Waals surface area contributed by atoms with Crippen LogP contribution in [0.2, 0.25) is 0 Å². The van der Waals surface area contributed by atoms with Gasteiger partial charge in [-0.3, -0.25) is 0 Å². The van der Waals surface area contributed by atoms with E-state index >= 15 is 0 Å². The molecule has 1 amide bonds. The summed E-state index contributed by atoms with van der Waals surface area (Å²) in [6.07, 6.45) is -2.89. The van der Waals surface area contributed by atoms with Crippen molar-refractivity contribution in [3.05, 3.63) is 95.6 Å². The summed E-state index contributed by atoms with van der Waals surface area (Å²) in [5.41, 5.74) is 4.86. The van der Waals surface area contributed by atoms with Gasteiger partial charge >= 0.3 is 0 Å². The van der Waals surface area contributed by atoms with Crippen LogP contribution in [-0.2, 0) is 16.6 Å². The molecule has 34 heavy (non-hydrogen) atoms. The highest BCUT2D eigenvalue weighted by Gasteiger charge is 2.33. The zero-order valence-electron chi connectivity index (χ0n) is 18.8. The third-order valence-corrected chi connectivity index (χ3v) is 7.72. The molecule has 7 nitrogen and oxygen atoms in total. The lowest BCUT2D eigenvalue weighted by atomic mass is 9.95. The Hall–Kier alpha value is -3.20. The van der Waals surface area contributed by atoms with E-state index in [4.69, 9.17) is 0 Å². The fourth-order valence-electron chi connectivity index (χ4n) is 4.48. The summed E-state index contributed by atoms with van der Waals surface area (Å²) in [6, 6.07) is 23.7. The van der Waals surface area contributed by atoms with Crippen molar-refractivity contribution in [3.8, 4) is 11.1 Å². The van der Waals surface area contributed by atoms with Gasteiger partial charge in [-0.1, -0.05) is 78.9 Å². The number of aliphatic hydroxyl groups is 1. The van der Waals surface area contributed by atoms with Gasteiger partial charge in [0.05, 0.1) is 17.9 Å². The zero-order chi connectivity index (χ0) is 24.3. The molecule has 178 valence electrons. The Morgan fingerprint density at radius 1 is 0.971 bits per heavy atom. The van der Waals surface area contributed by atoms with Crippen LogP contribution in [0.1, 0.15) is 29.5 Å². The minimum absolute atomic E-state index is 0.0477. The average Bonchev–Trinajstić information content (AvgIpc) is 3.15. The van der Waals surface area contributed by atoms with Crippen LogP contribution in [0.15, 0.2) is 78.9 Å². The van der Waals surface area contributed by atoms with Crippen molar-refractivity contribution in [3.63, 3.8) is 0 Å². The van der Waals surface area contributed by atoms with Gasteiger partial charge in [0.15, 0.2) is 0 Å². The van der Waals surface area contributed by atoms with Crippen molar-refractivity contribution >= 4 is 16.1 Å². The van der Waals surface area contributed by atoms with E-state index in [1.807, 2.05) is 54.6 Å².